The van der Waals surface area contributed by atoms with Crippen LogP contribution in [0.1, 0.15) is 93.4 Å². The van der Waals surface area contributed by atoms with E-state index in [1.807, 2.05) is 90.2 Å². The number of hydrogen-bond acceptors (Lipinski definition) is 9. The van der Waals surface area contributed by atoms with Crippen LogP contribution in [-0.4, -0.2) is 78.6 Å². The Bertz CT molecular complexity index is 1710. The van der Waals surface area contributed by atoms with Crippen LogP contribution in [0.4, 0.5) is 0 Å². The van der Waals surface area contributed by atoms with Crippen molar-refractivity contribution >= 4 is 24.1 Å². The maximum absolute atomic E-state index is 13.3. The number of carbonyl (C=O) groups is 2. The second-order valence-corrected chi connectivity index (χ2v) is 15.3. The molecule has 0 radical (unpaired) electrons. The number of fused-ring (bicyclic) bond motifs is 6. The number of rotatable bonds is 6. The number of hydrogen-bond donors (Lipinski definition) is 5. The van der Waals surface area contributed by atoms with E-state index in [4.69, 9.17) is 9.47 Å². The van der Waals surface area contributed by atoms with E-state index in [0.29, 0.717) is 36.3 Å². The number of aromatic nitrogens is 4. The minimum atomic E-state index is -0.825. The van der Waals surface area contributed by atoms with Crippen LogP contribution in [0.5, 0.6) is 0 Å². The number of nitrogens with one attached hydrogen (secondary N) is 3. The van der Waals surface area contributed by atoms with Gasteiger partial charge in [-0.05, 0) is 44.3 Å². The molecule has 1 saturated carbocycles. The number of cyclic esters (lactones) is 2. The molecular weight excluding hydrogens is 683 g/mol. The Morgan fingerprint density at radius 1 is 0.704 bits per heavy atom. The largest absolute Gasteiger partial charge is 0.457 e. The molecule has 2 aliphatic heterocycles. The van der Waals surface area contributed by atoms with Crippen LogP contribution in [-0.2, 0) is 9.47 Å². The summed E-state index contributed by atoms with van der Waals surface area (Å²) in [5.41, 5.74) is -1.07. The molecule has 1 saturated heterocycles. The Kier molecular flexibility index (Phi) is 13.4. The predicted octanol–water partition coefficient (Wildman–Crippen LogP) is 6.83. The van der Waals surface area contributed by atoms with Crippen molar-refractivity contribution in [2.45, 2.75) is 97.3 Å². The monoisotopic (exact) mass is 737 g/mol. The fourth-order valence-corrected chi connectivity index (χ4v) is 6.29. The van der Waals surface area contributed by atoms with E-state index in [1.54, 1.807) is 36.5 Å². The number of esters is 2. The van der Waals surface area contributed by atoms with Gasteiger partial charge in [-0.2, -0.15) is 0 Å². The maximum Gasteiger partial charge on any atom is 0.356 e. The Balaban J connectivity index is 1.35. The quantitative estimate of drug-likeness (QED) is 0.121. The zero-order valence-corrected chi connectivity index (χ0v) is 32.1. The normalized spacial score (nSPS) is 30.5. The van der Waals surface area contributed by atoms with Gasteiger partial charge in [0.15, 0.2) is 0 Å². The first-order chi connectivity index (χ1) is 25.8. The number of nitrogens with zero attached hydrogens (tertiary/aromatic N) is 2. The summed E-state index contributed by atoms with van der Waals surface area (Å²) in [6.45, 7) is 11.3. The van der Waals surface area contributed by atoms with Crippen LogP contribution in [0.25, 0.3) is 12.2 Å². The lowest BCUT2D eigenvalue weighted by atomic mass is 9.79. The number of H-pyrrole nitrogens is 2. The standard InChI is InChI=1S/C43H55N5O6/c1-7-15-34(49)42(3,4)36-21-13-18-29-25-28(29)17-9-11-23-38-44-26-33(47-38)41(52)54-37(43(5,6)35(50)16-8-2)22-14-20-31-30(46-31)19-10-12-24-39-45-27-32(48-39)40(51)53-36/h7-20,23-24,26-31,34-37,46,49-50H,21-22,25H2,1-6H3,(H,44,47)(H,45,48)/b15-7+,16-8+,17-9+,18-13-,19-10+,20-14-,23-11-,24-12-/t28-,29+,30+,31-,34+,35+,36+,37+/m1/s1. The zero-order chi connectivity index (χ0) is 38.9. The first-order valence-corrected chi connectivity index (χ1v) is 18.8. The average Bonchev–Trinajstić information content (AvgIpc) is 3.93. The Morgan fingerprint density at radius 2 is 1.17 bits per heavy atom. The Morgan fingerprint density at radius 3 is 1.69 bits per heavy atom. The van der Waals surface area contributed by atoms with Crippen LogP contribution in [0.15, 0.2) is 97.5 Å². The van der Waals surface area contributed by atoms with Crippen LogP contribution in [0.2, 0.25) is 0 Å². The predicted molar refractivity (Wildman–Crippen MR) is 211 cm³/mol. The van der Waals surface area contributed by atoms with Crippen LogP contribution in [0, 0.1) is 22.7 Å². The SMILES string of the molecule is C/C=C/[C@H](O)C(C)(C)[C@@H]1C/C=C\[C@H]2N[C@H]2/C=C/C=C\c2ncc([nH]2)C(=O)O[C@H](C(C)(C)[C@@H](O)/C=C/C)C/C=C\[C@H]2C[C@H]2/C=C/C=C\c2ncc([nH]2)C(=O)O1. The molecule has 11 heteroatoms. The van der Waals surface area contributed by atoms with Crippen molar-refractivity contribution in [3.63, 3.8) is 0 Å². The minimum Gasteiger partial charge on any atom is -0.457 e. The number of allylic oxidation sites excluding steroid dienone is 8. The first kappa shape index (κ1) is 40.3. The summed E-state index contributed by atoms with van der Waals surface area (Å²) in [4.78, 5) is 41.4. The van der Waals surface area contributed by atoms with Crippen molar-refractivity contribution in [1.82, 2.24) is 25.3 Å². The molecule has 0 aromatic carbocycles. The van der Waals surface area contributed by atoms with Gasteiger partial charge in [-0.15, -0.1) is 0 Å². The van der Waals surface area contributed by atoms with Gasteiger partial charge in [-0.3, -0.25) is 0 Å². The van der Waals surface area contributed by atoms with E-state index in [-0.39, 0.29) is 23.5 Å². The van der Waals surface area contributed by atoms with Gasteiger partial charge in [0.1, 0.15) is 35.2 Å². The average molecular weight is 738 g/mol. The third-order valence-corrected chi connectivity index (χ3v) is 10.5. The number of aliphatic hydroxyl groups is 2. The molecule has 4 bridgehead atoms. The van der Waals surface area contributed by atoms with Gasteiger partial charge in [0.05, 0.1) is 24.6 Å². The lowest BCUT2D eigenvalue weighted by molar-refractivity contribution is -0.0461. The third kappa shape index (κ3) is 10.6. The van der Waals surface area contributed by atoms with Gasteiger partial charge in [-0.1, -0.05) is 113 Å². The van der Waals surface area contributed by atoms with E-state index >= 15 is 0 Å². The zero-order valence-electron chi connectivity index (χ0n) is 32.1. The molecule has 1 aliphatic carbocycles. The van der Waals surface area contributed by atoms with Crippen LogP contribution >= 0.6 is 0 Å². The van der Waals surface area contributed by atoms with Crippen molar-refractivity contribution in [3.05, 3.63) is 120 Å². The number of carbonyl (C=O) groups excluding carboxylic acids is 2. The van der Waals surface area contributed by atoms with E-state index in [0.717, 1.165) is 6.42 Å². The topological polar surface area (TPSA) is 172 Å². The van der Waals surface area contributed by atoms with Gasteiger partial charge in [0, 0.05) is 35.8 Å². The Hall–Kier alpha value is -4.84. The summed E-state index contributed by atoms with van der Waals surface area (Å²) in [5.74, 6) is 0.682. The van der Waals surface area contributed by atoms with E-state index in [9.17, 15) is 19.8 Å². The molecule has 4 heterocycles. The molecule has 8 atom stereocenters. The van der Waals surface area contributed by atoms with Crippen molar-refractivity contribution in [1.29, 1.82) is 0 Å². The number of imidazole rings is 2. The molecule has 2 fully saturated rings. The first-order valence-electron chi connectivity index (χ1n) is 18.8. The Labute approximate surface area is 318 Å². The van der Waals surface area contributed by atoms with Crippen molar-refractivity contribution in [2.24, 2.45) is 22.7 Å². The molecule has 0 amide bonds. The number of aromatic amines is 2. The van der Waals surface area contributed by atoms with E-state index in [2.05, 4.69) is 37.4 Å². The van der Waals surface area contributed by atoms with Crippen molar-refractivity contribution in [3.8, 4) is 0 Å². The molecular formula is C43H55N5O6. The molecule has 11 nitrogen and oxygen atoms in total. The summed E-state index contributed by atoms with van der Waals surface area (Å²) < 4.78 is 12.0. The molecule has 2 aromatic heterocycles. The second-order valence-electron chi connectivity index (χ2n) is 15.3. The molecule has 54 heavy (non-hydrogen) atoms. The fraction of sp³-hybridized carbons (Fsp3) is 0.442. The van der Waals surface area contributed by atoms with Gasteiger partial charge in [0.25, 0.3) is 0 Å². The number of aliphatic hydroxyl groups excluding tert-OH is 2. The molecule has 3 aliphatic rings. The highest BCUT2D eigenvalue weighted by Gasteiger charge is 2.40. The second kappa shape index (κ2) is 18.0. The summed E-state index contributed by atoms with van der Waals surface area (Å²) in [6, 6.07) is 0.237. The molecule has 0 unspecified atom stereocenters. The highest BCUT2D eigenvalue weighted by Crippen LogP contribution is 2.41. The van der Waals surface area contributed by atoms with Gasteiger partial charge >= 0.3 is 11.9 Å². The molecule has 288 valence electrons. The molecule has 0 spiro atoms. The third-order valence-electron chi connectivity index (χ3n) is 10.5. The maximum atomic E-state index is 13.3. The summed E-state index contributed by atoms with van der Waals surface area (Å²) in [7, 11) is 0. The highest BCUT2D eigenvalue weighted by atomic mass is 16.6. The molecule has 2 aromatic rings. The summed E-state index contributed by atoms with van der Waals surface area (Å²) >= 11 is 0. The summed E-state index contributed by atoms with van der Waals surface area (Å²) in [6.07, 6.45) is 32.4. The molecule has 5 rings (SSSR count). The highest BCUT2D eigenvalue weighted by molar-refractivity contribution is 5.88. The van der Waals surface area contributed by atoms with Crippen LogP contribution < -0.4 is 5.32 Å². The lowest BCUT2D eigenvalue weighted by Crippen LogP contribution is -2.42. The number of ether oxygens (including phenoxy) is 2. The van der Waals surface area contributed by atoms with Gasteiger partial charge < -0.3 is 35.0 Å². The lowest BCUT2D eigenvalue weighted by Gasteiger charge is -2.36. The van der Waals surface area contributed by atoms with Crippen LogP contribution in [0.3, 0.4) is 0 Å². The van der Waals surface area contributed by atoms with E-state index < -0.39 is 47.2 Å². The smallest absolute Gasteiger partial charge is 0.356 e. The summed E-state index contributed by atoms with van der Waals surface area (Å²) in [5, 5.41) is 25.2. The van der Waals surface area contributed by atoms with Gasteiger partial charge in [0.2, 0.25) is 0 Å². The van der Waals surface area contributed by atoms with Crippen molar-refractivity contribution < 1.29 is 29.3 Å². The molecule has 5 N–H and O–H groups in total. The van der Waals surface area contributed by atoms with E-state index in [1.165, 1.54) is 12.4 Å². The van der Waals surface area contributed by atoms with Gasteiger partial charge in [-0.25, -0.2) is 19.6 Å². The fourth-order valence-electron chi connectivity index (χ4n) is 6.29. The van der Waals surface area contributed by atoms with Crippen molar-refractivity contribution in [2.75, 3.05) is 0 Å². The minimum absolute atomic E-state index is 0.111.